The highest BCUT2D eigenvalue weighted by molar-refractivity contribution is 6.46. The number of aliphatic imine (C=N–C) groups is 1. The van der Waals surface area contributed by atoms with E-state index in [9.17, 15) is 9.18 Å². The van der Waals surface area contributed by atoms with Gasteiger partial charge in [0.15, 0.2) is 0 Å². The van der Waals surface area contributed by atoms with Crippen LogP contribution < -0.4 is 10.6 Å². The van der Waals surface area contributed by atoms with Crippen molar-refractivity contribution in [1.29, 1.82) is 0 Å². The lowest BCUT2D eigenvalue weighted by Crippen LogP contribution is -2.53. The first-order valence-corrected chi connectivity index (χ1v) is 6.08. The number of hydrogen-bond acceptors (Lipinski definition) is 3. The highest BCUT2D eigenvalue weighted by Gasteiger charge is 2.40. The van der Waals surface area contributed by atoms with Crippen molar-refractivity contribution in [2.45, 2.75) is 18.5 Å². The van der Waals surface area contributed by atoms with Crippen molar-refractivity contribution in [3.05, 3.63) is 35.6 Å². The molecule has 1 saturated heterocycles. The molecule has 2 heterocycles. The lowest BCUT2D eigenvalue weighted by molar-refractivity contribution is -0.115. The van der Waals surface area contributed by atoms with Crippen molar-refractivity contribution in [1.82, 2.24) is 10.6 Å². The van der Waals surface area contributed by atoms with Gasteiger partial charge in [0, 0.05) is 12.1 Å². The van der Waals surface area contributed by atoms with Crippen LogP contribution >= 0.6 is 0 Å². The van der Waals surface area contributed by atoms with E-state index in [1.807, 2.05) is 0 Å². The third-order valence-corrected chi connectivity index (χ3v) is 3.35. The Balaban J connectivity index is 1.96. The van der Waals surface area contributed by atoms with Crippen LogP contribution in [0.3, 0.4) is 0 Å². The van der Waals surface area contributed by atoms with Gasteiger partial charge < -0.3 is 10.6 Å². The van der Waals surface area contributed by atoms with E-state index in [-0.39, 0.29) is 11.7 Å². The smallest absolute Gasteiger partial charge is 0.272 e. The van der Waals surface area contributed by atoms with Crippen LogP contribution in [0.1, 0.15) is 18.4 Å². The van der Waals surface area contributed by atoms with Crippen molar-refractivity contribution < 1.29 is 9.18 Å². The van der Waals surface area contributed by atoms with Gasteiger partial charge in [-0.15, -0.1) is 0 Å². The summed E-state index contributed by atoms with van der Waals surface area (Å²) in [5, 5.41) is 6.14. The molecule has 94 valence electrons. The predicted octanol–water partition coefficient (Wildman–Crippen LogP) is 0.824. The summed E-state index contributed by atoms with van der Waals surface area (Å²) < 4.78 is 13.2. The summed E-state index contributed by atoms with van der Waals surface area (Å²) in [5.41, 5.74) is 0.338. The molecule has 0 unspecified atom stereocenters. The first kappa shape index (κ1) is 11.3. The molecule has 1 aromatic rings. The number of carbonyl (C=O) groups is 1. The minimum absolute atomic E-state index is 0.218. The maximum Gasteiger partial charge on any atom is 0.272 e. The van der Waals surface area contributed by atoms with Crippen LogP contribution in [0.2, 0.25) is 0 Å². The van der Waals surface area contributed by atoms with Gasteiger partial charge in [0.25, 0.3) is 5.91 Å². The maximum atomic E-state index is 13.2. The van der Waals surface area contributed by atoms with Crippen LogP contribution in [-0.2, 0) is 4.79 Å². The summed E-state index contributed by atoms with van der Waals surface area (Å²) in [4.78, 5) is 16.5. The van der Waals surface area contributed by atoms with Gasteiger partial charge >= 0.3 is 0 Å². The summed E-state index contributed by atoms with van der Waals surface area (Å²) in [5.74, 6) is -0.574. The van der Waals surface area contributed by atoms with Gasteiger partial charge in [0.1, 0.15) is 17.2 Å². The Morgan fingerprint density at radius 3 is 3.00 bits per heavy atom. The number of hydrogen-bond donors (Lipinski definition) is 2. The average molecular weight is 247 g/mol. The third kappa shape index (κ3) is 1.90. The standard InChI is InChI=1S/C13H14FN3O/c14-10-4-1-3-9(7-10)11-12(18)17-13(16-11)5-2-6-15-8-13/h1,3-4,7,15H,2,5-6,8H2,(H,17,18)/t13-/m1/s1. The van der Waals surface area contributed by atoms with E-state index in [1.54, 1.807) is 12.1 Å². The fourth-order valence-electron chi connectivity index (χ4n) is 2.49. The van der Waals surface area contributed by atoms with Crippen molar-refractivity contribution in [2.75, 3.05) is 13.1 Å². The summed E-state index contributed by atoms with van der Waals surface area (Å²) in [6.07, 6.45) is 1.80. The first-order valence-electron chi connectivity index (χ1n) is 6.08. The number of halogens is 1. The second-order valence-electron chi connectivity index (χ2n) is 4.74. The van der Waals surface area contributed by atoms with E-state index in [1.165, 1.54) is 12.1 Å². The zero-order valence-electron chi connectivity index (χ0n) is 9.87. The molecule has 2 aliphatic heterocycles. The van der Waals surface area contributed by atoms with Gasteiger partial charge in [-0.1, -0.05) is 12.1 Å². The van der Waals surface area contributed by atoms with E-state index >= 15 is 0 Å². The molecule has 0 aromatic heterocycles. The van der Waals surface area contributed by atoms with Gasteiger partial charge in [-0.3, -0.25) is 4.79 Å². The Labute approximate surface area is 104 Å². The van der Waals surface area contributed by atoms with Crippen LogP contribution in [0.5, 0.6) is 0 Å². The number of benzene rings is 1. The third-order valence-electron chi connectivity index (χ3n) is 3.35. The fraction of sp³-hybridized carbons (Fsp3) is 0.385. The minimum atomic E-state index is -0.531. The minimum Gasteiger partial charge on any atom is -0.325 e. The molecule has 0 radical (unpaired) electrons. The van der Waals surface area contributed by atoms with Crippen molar-refractivity contribution in [3.63, 3.8) is 0 Å². The highest BCUT2D eigenvalue weighted by Crippen LogP contribution is 2.24. The number of piperidine rings is 1. The molecule has 3 rings (SSSR count). The molecule has 5 heteroatoms. The zero-order valence-corrected chi connectivity index (χ0v) is 9.87. The number of nitrogens with one attached hydrogen (secondary N) is 2. The van der Waals surface area contributed by atoms with E-state index < -0.39 is 5.66 Å². The lowest BCUT2D eigenvalue weighted by atomic mass is 10.0. The second kappa shape index (κ2) is 4.17. The molecule has 18 heavy (non-hydrogen) atoms. The van der Waals surface area contributed by atoms with Gasteiger partial charge in [0.05, 0.1) is 0 Å². The molecule has 1 amide bonds. The molecule has 1 aromatic carbocycles. The van der Waals surface area contributed by atoms with E-state index in [0.29, 0.717) is 17.8 Å². The van der Waals surface area contributed by atoms with Gasteiger partial charge in [-0.2, -0.15) is 0 Å². The SMILES string of the molecule is O=C1N[C@@]2(CCCNC2)N=C1c1cccc(F)c1. The van der Waals surface area contributed by atoms with E-state index in [4.69, 9.17) is 0 Å². The fourth-order valence-corrected chi connectivity index (χ4v) is 2.49. The Kier molecular flexibility index (Phi) is 2.63. The molecule has 1 fully saturated rings. The number of nitrogens with zero attached hydrogens (tertiary/aromatic N) is 1. The molecule has 1 atom stereocenters. The second-order valence-corrected chi connectivity index (χ2v) is 4.74. The maximum absolute atomic E-state index is 13.2. The molecule has 2 aliphatic rings. The van der Waals surface area contributed by atoms with Crippen molar-refractivity contribution >= 4 is 11.6 Å². The highest BCUT2D eigenvalue weighted by atomic mass is 19.1. The summed E-state index contributed by atoms with van der Waals surface area (Å²) in [7, 11) is 0. The normalized spacial score (nSPS) is 27.2. The average Bonchev–Trinajstić information content (AvgIpc) is 2.67. The molecule has 0 saturated carbocycles. The Morgan fingerprint density at radius 2 is 2.28 bits per heavy atom. The zero-order chi connectivity index (χ0) is 12.6. The van der Waals surface area contributed by atoms with Gasteiger partial charge in [0.2, 0.25) is 0 Å². The van der Waals surface area contributed by atoms with Crippen LogP contribution in [-0.4, -0.2) is 30.4 Å². The van der Waals surface area contributed by atoms with Crippen LogP contribution in [0.25, 0.3) is 0 Å². The largest absolute Gasteiger partial charge is 0.325 e. The quantitative estimate of drug-likeness (QED) is 0.772. The predicted molar refractivity (Wildman–Crippen MR) is 65.9 cm³/mol. The summed E-state index contributed by atoms with van der Waals surface area (Å²) >= 11 is 0. The molecular weight excluding hydrogens is 233 g/mol. The molecule has 0 aliphatic carbocycles. The molecule has 2 N–H and O–H groups in total. The molecule has 0 bridgehead atoms. The number of rotatable bonds is 1. The first-order chi connectivity index (χ1) is 8.69. The Hall–Kier alpha value is -1.75. The summed E-state index contributed by atoms with van der Waals surface area (Å²) in [6, 6.07) is 5.99. The van der Waals surface area contributed by atoms with Gasteiger partial charge in [-0.25, -0.2) is 9.38 Å². The van der Waals surface area contributed by atoms with Crippen molar-refractivity contribution in [2.24, 2.45) is 4.99 Å². The van der Waals surface area contributed by atoms with Crippen LogP contribution in [0, 0.1) is 5.82 Å². The summed E-state index contributed by atoms with van der Waals surface area (Å²) in [6.45, 7) is 1.58. The molecule has 4 nitrogen and oxygen atoms in total. The Bertz CT molecular complexity index is 521. The molecule has 1 spiro atoms. The number of amides is 1. The number of carbonyl (C=O) groups excluding carboxylic acids is 1. The monoisotopic (exact) mass is 247 g/mol. The van der Waals surface area contributed by atoms with Gasteiger partial charge in [-0.05, 0) is 31.5 Å². The lowest BCUT2D eigenvalue weighted by Gasteiger charge is -2.30. The topological polar surface area (TPSA) is 53.5 Å². The molecular formula is C13H14FN3O. The van der Waals surface area contributed by atoms with Crippen LogP contribution in [0.15, 0.2) is 29.3 Å². The van der Waals surface area contributed by atoms with Crippen molar-refractivity contribution in [3.8, 4) is 0 Å². The van der Waals surface area contributed by atoms with E-state index in [0.717, 1.165) is 19.4 Å². The Morgan fingerprint density at radius 1 is 1.39 bits per heavy atom. The van der Waals surface area contributed by atoms with Crippen LogP contribution in [0.4, 0.5) is 4.39 Å². The van der Waals surface area contributed by atoms with E-state index in [2.05, 4.69) is 15.6 Å².